The molecule has 2 aromatic heterocycles. The summed E-state index contributed by atoms with van der Waals surface area (Å²) in [7, 11) is -0.183. The van der Waals surface area contributed by atoms with Crippen LogP contribution in [0.4, 0.5) is 0 Å². The van der Waals surface area contributed by atoms with Crippen molar-refractivity contribution in [2.75, 3.05) is 0 Å². The molecular weight excluding hydrogens is 472 g/mol. The third-order valence-electron chi connectivity index (χ3n) is 3.67. The van der Waals surface area contributed by atoms with Crippen LogP contribution in [-0.4, -0.2) is 31.7 Å². The molecule has 2 aromatic rings. The Hall–Kier alpha value is -0.987. The summed E-state index contributed by atoms with van der Waals surface area (Å²) < 4.78 is 7.50. The number of aliphatic hydroxyl groups excluding tert-OH is 1. The quantitative estimate of drug-likeness (QED) is 0.219. The fraction of sp³-hybridized carbons (Fsp3) is 0.500. The molecule has 162 valence electrons. The predicted molar refractivity (Wildman–Crippen MR) is 114 cm³/mol. The van der Waals surface area contributed by atoms with E-state index in [1.807, 2.05) is 30.5 Å². The summed E-state index contributed by atoms with van der Waals surface area (Å²) in [5.74, 6) is 0. The van der Waals surface area contributed by atoms with E-state index in [4.69, 9.17) is 19.8 Å². The molecule has 1 atom stereocenters. The van der Waals surface area contributed by atoms with E-state index >= 15 is 0 Å². The van der Waals surface area contributed by atoms with Crippen LogP contribution < -0.4 is 5.11 Å². The maximum Gasteiger partial charge on any atom is 2.00 e. The average Bonchev–Trinajstić information content (AvgIpc) is 2.60. The Kier molecular flexibility index (Phi) is 14.7. The van der Waals surface area contributed by atoms with Crippen LogP contribution in [0.25, 0.3) is 11.4 Å². The smallest absolute Gasteiger partial charge is 1.00 e. The second-order valence-electron chi connectivity index (χ2n) is 8.26. The molecule has 2 rings (SSSR count). The Morgan fingerprint density at radius 2 is 1.52 bits per heavy atom. The Morgan fingerprint density at radius 1 is 1.03 bits per heavy atom. The summed E-state index contributed by atoms with van der Waals surface area (Å²) in [6.45, 7) is 19.8. The zero-order chi connectivity index (χ0) is 22.0. The van der Waals surface area contributed by atoms with E-state index in [2.05, 4.69) is 65.3 Å². The average molecular weight is 506 g/mol. The normalized spacial score (nSPS) is 11.9. The third-order valence-corrected chi connectivity index (χ3v) is 7.55. The van der Waals surface area contributed by atoms with Gasteiger partial charge in [0.05, 0.1) is 11.4 Å². The maximum absolute atomic E-state index is 9.08. The van der Waals surface area contributed by atoms with Gasteiger partial charge in [0, 0.05) is 18.1 Å². The zero-order valence-corrected chi connectivity index (χ0v) is 20.9. The summed E-state index contributed by atoms with van der Waals surface area (Å²) in [6, 6.07) is 12.3. The molecule has 0 spiro atoms. The molecule has 0 radical (unpaired) electrons. The molecule has 1 N–H and O–H groups in total. The summed E-state index contributed by atoms with van der Waals surface area (Å²) in [4.78, 5) is 9.27. The van der Waals surface area contributed by atoms with Crippen molar-refractivity contribution < 1.29 is 35.8 Å². The first-order chi connectivity index (χ1) is 12.9. The summed E-state index contributed by atoms with van der Waals surface area (Å²) in [5, 5.41) is 17.2. The minimum absolute atomic E-state index is 0. The third kappa shape index (κ3) is 12.3. The van der Waals surface area contributed by atoms with E-state index in [1.54, 1.807) is 0 Å². The van der Waals surface area contributed by atoms with Crippen molar-refractivity contribution in [3.8, 4) is 11.4 Å². The van der Waals surface area contributed by atoms with E-state index in [0.717, 1.165) is 17.5 Å². The predicted octanol–water partition coefficient (Wildman–Crippen LogP) is 4.48. The standard InChI is InChI=1S/C19H27N2P.C2H5O2.CO.Ru.H/c1-18(2,3)22(19(4,5)6)14-15-10-9-12-17(21-15)16-11-7-8-13-20-16;1-2(3)4;1-2;;/h7-13H,14H2,1-6H3;2-3H,1H3;;;/q;-1;;+2;-1. The molecule has 7 heteroatoms. The van der Waals surface area contributed by atoms with Crippen molar-refractivity contribution in [2.45, 2.75) is 71.2 Å². The van der Waals surface area contributed by atoms with Crippen molar-refractivity contribution in [3.63, 3.8) is 0 Å². The van der Waals surface area contributed by atoms with E-state index in [-0.39, 0.29) is 28.8 Å². The van der Waals surface area contributed by atoms with Crippen LogP contribution in [0.15, 0.2) is 42.6 Å². The number of pyridine rings is 2. The summed E-state index contributed by atoms with van der Waals surface area (Å²) in [5.41, 5.74) is 3.09. The summed E-state index contributed by atoms with van der Waals surface area (Å²) >= 11 is 0. The van der Waals surface area contributed by atoms with E-state index < -0.39 is 6.29 Å². The molecule has 0 saturated heterocycles. The molecular formula is C22H33N2O3PRu. The van der Waals surface area contributed by atoms with Crippen LogP contribution >= 0.6 is 7.92 Å². The van der Waals surface area contributed by atoms with Gasteiger partial charge in [-0.05, 0) is 40.9 Å². The molecule has 0 aliphatic carbocycles. The van der Waals surface area contributed by atoms with Gasteiger partial charge in [0.15, 0.2) is 0 Å². The fourth-order valence-corrected chi connectivity index (χ4v) is 6.33. The van der Waals surface area contributed by atoms with Crippen LogP contribution in [-0.2, 0) is 30.3 Å². The number of hydrogen-bond acceptors (Lipinski definition) is 4. The van der Waals surface area contributed by atoms with Gasteiger partial charge < -0.3 is 11.6 Å². The number of hydrogen-bond donors (Lipinski definition) is 1. The van der Waals surface area contributed by atoms with Crippen LogP contribution in [0.5, 0.6) is 0 Å². The van der Waals surface area contributed by atoms with Crippen molar-refractivity contribution >= 4 is 7.92 Å². The van der Waals surface area contributed by atoms with Gasteiger partial charge in [-0.1, -0.05) is 68.5 Å². The maximum atomic E-state index is 9.08. The molecule has 0 aromatic carbocycles. The Balaban J connectivity index is -0.000000817. The molecule has 0 aliphatic rings. The van der Waals surface area contributed by atoms with Gasteiger partial charge in [0.2, 0.25) is 0 Å². The minimum Gasteiger partial charge on any atom is -1.00 e. The SMILES string of the molecule is CC(C)(C)P(Cc1cccc(-c2ccccn2)n1)C(C)(C)C.CC([O-])O.[C-]#[O+].[H-].[Ru+2]. The van der Waals surface area contributed by atoms with Crippen LogP contribution in [0.1, 0.15) is 55.6 Å². The largest absolute Gasteiger partial charge is 2.00 e. The molecule has 5 nitrogen and oxygen atoms in total. The van der Waals surface area contributed by atoms with Crippen molar-refractivity contribution in [1.29, 1.82) is 0 Å². The van der Waals surface area contributed by atoms with Crippen LogP contribution in [0.2, 0.25) is 0 Å². The number of aromatic nitrogens is 2. The fourth-order valence-electron chi connectivity index (χ4n) is 2.87. The Morgan fingerprint density at radius 3 is 1.93 bits per heavy atom. The second kappa shape index (κ2) is 14.1. The molecule has 0 fully saturated rings. The first kappa shape index (κ1) is 30.2. The van der Waals surface area contributed by atoms with Gasteiger partial charge in [-0.15, -0.1) is 0 Å². The van der Waals surface area contributed by atoms with E-state index in [0.29, 0.717) is 10.3 Å². The molecule has 0 saturated carbocycles. The molecule has 1 unspecified atom stereocenters. The molecule has 0 bridgehead atoms. The molecule has 29 heavy (non-hydrogen) atoms. The topological polar surface area (TPSA) is 89.0 Å². The Labute approximate surface area is 191 Å². The minimum atomic E-state index is -1.42. The van der Waals surface area contributed by atoms with Crippen LogP contribution in [0, 0.1) is 6.65 Å². The molecule has 0 amide bonds. The van der Waals surface area contributed by atoms with Crippen molar-refractivity contribution in [1.82, 2.24) is 9.97 Å². The van der Waals surface area contributed by atoms with Crippen LogP contribution in [0.3, 0.4) is 0 Å². The van der Waals surface area contributed by atoms with Gasteiger partial charge in [-0.3, -0.25) is 9.97 Å². The van der Waals surface area contributed by atoms with Gasteiger partial charge >= 0.3 is 30.8 Å². The zero-order valence-electron chi connectivity index (χ0n) is 19.3. The van der Waals surface area contributed by atoms with Crippen molar-refractivity contribution in [3.05, 3.63) is 54.9 Å². The van der Waals surface area contributed by atoms with Gasteiger partial charge in [-0.2, -0.15) is 0 Å². The number of aliphatic hydroxyl groups is 1. The number of rotatable bonds is 3. The van der Waals surface area contributed by atoms with E-state index in [9.17, 15) is 0 Å². The van der Waals surface area contributed by atoms with Gasteiger partial charge in [0.25, 0.3) is 0 Å². The Bertz CT molecular complexity index is 701. The van der Waals surface area contributed by atoms with Gasteiger partial charge in [-0.25, -0.2) is 0 Å². The number of nitrogens with zero attached hydrogens (tertiary/aromatic N) is 2. The first-order valence-corrected chi connectivity index (χ1v) is 10.6. The second-order valence-corrected chi connectivity index (χ2v) is 12.1. The van der Waals surface area contributed by atoms with Crippen molar-refractivity contribution in [2.24, 2.45) is 0 Å². The molecule has 0 aliphatic heterocycles. The first-order valence-electron chi connectivity index (χ1n) is 9.10. The molecule has 2 heterocycles. The summed E-state index contributed by atoms with van der Waals surface area (Å²) in [6.07, 6.45) is 1.46. The monoisotopic (exact) mass is 506 g/mol. The van der Waals surface area contributed by atoms with Gasteiger partial charge in [0.1, 0.15) is 0 Å². The van der Waals surface area contributed by atoms with E-state index in [1.165, 1.54) is 12.6 Å².